The first-order valence-corrected chi connectivity index (χ1v) is 9.98. The summed E-state index contributed by atoms with van der Waals surface area (Å²) in [5.41, 5.74) is 5.98. The van der Waals surface area contributed by atoms with Crippen LogP contribution in [0.5, 0.6) is 0 Å². The Morgan fingerprint density at radius 1 is 1.00 bits per heavy atom. The van der Waals surface area contributed by atoms with Crippen LogP contribution in [0.3, 0.4) is 0 Å². The predicted molar refractivity (Wildman–Crippen MR) is 115 cm³/mol. The van der Waals surface area contributed by atoms with Crippen LogP contribution in [0, 0.1) is 6.92 Å². The summed E-state index contributed by atoms with van der Waals surface area (Å²) < 4.78 is 5.68. The normalized spacial score (nSPS) is 10.1. The molecule has 0 fully saturated rings. The molecule has 8 nitrogen and oxygen atoms in total. The van der Waals surface area contributed by atoms with E-state index in [1.165, 1.54) is 12.1 Å². The van der Waals surface area contributed by atoms with Gasteiger partial charge in [-0.3, -0.25) is 30.0 Å². The van der Waals surface area contributed by atoms with Gasteiger partial charge in [-0.25, -0.2) is 0 Å². The van der Waals surface area contributed by atoms with Crippen molar-refractivity contribution in [3.05, 3.63) is 63.1 Å². The molecule has 0 saturated heterocycles. The number of carbonyl (C=O) groups is 4. The van der Waals surface area contributed by atoms with Crippen LogP contribution in [0.4, 0.5) is 5.69 Å². The van der Waals surface area contributed by atoms with Crippen LogP contribution in [-0.2, 0) is 19.1 Å². The molecule has 2 rings (SSSR count). The molecule has 2 aromatic rings. The Balaban J connectivity index is 1.67. The smallest absolute Gasteiger partial charge is 0.306 e. The van der Waals surface area contributed by atoms with E-state index < -0.39 is 24.4 Å². The van der Waals surface area contributed by atoms with E-state index >= 15 is 0 Å². The number of esters is 1. The van der Waals surface area contributed by atoms with Crippen molar-refractivity contribution < 1.29 is 23.9 Å². The molecule has 0 heterocycles. The molecule has 0 bridgehead atoms. The van der Waals surface area contributed by atoms with Crippen LogP contribution in [0.25, 0.3) is 0 Å². The number of hydrazine groups is 1. The van der Waals surface area contributed by atoms with E-state index in [2.05, 4.69) is 32.1 Å². The zero-order chi connectivity index (χ0) is 22.1. The highest BCUT2D eigenvalue weighted by Crippen LogP contribution is 2.20. The molecule has 0 unspecified atom stereocenters. The minimum atomic E-state index is -0.737. The summed E-state index contributed by atoms with van der Waals surface area (Å²) in [4.78, 5) is 47.3. The van der Waals surface area contributed by atoms with Crippen molar-refractivity contribution in [2.24, 2.45) is 0 Å². The van der Waals surface area contributed by atoms with Gasteiger partial charge in [-0.1, -0.05) is 39.7 Å². The number of halogens is 2. The van der Waals surface area contributed by atoms with Crippen LogP contribution in [-0.4, -0.2) is 30.3 Å². The lowest BCUT2D eigenvalue weighted by Crippen LogP contribution is -2.43. The van der Waals surface area contributed by atoms with Crippen LogP contribution in [0.1, 0.15) is 28.8 Å². The average molecular weight is 497 g/mol. The van der Waals surface area contributed by atoms with Crippen LogP contribution < -0.4 is 16.2 Å². The number of anilines is 1. The quantitative estimate of drug-likeness (QED) is 0.403. The summed E-state index contributed by atoms with van der Waals surface area (Å²) in [7, 11) is 0. The monoisotopic (exact) mass is 495 g/mol. The van der Waals surface area contributed by atoms with E-state index in [-0.39, 0.29) is 29.3 Å². The molecule has 30 heavy (non-hydrogen) atoms. The Morgan fingerprint density at radius 3 is 2.43 bits per heavy atom. The summed E-state index contributed by atoms with van der Waals surface area (Å²) in [5.74, 6) is -2.42. The first-order valence-electron chi connectivity index (χ1n) is 8.81. The van der Waals surface area contributed by atoms with Gasteiger partial charge >= 0.3 is 5.97 Å². The van der Waals surface area contributed by atoms with Crippen molar-refractivity contribution in [1.29, 1.82) is 0 Å². The Kier molecular flexibility index (Phi) is 8.82. The minimum Gasteiger partial charge on any atom is -0.455 e. The van der Waals surface area contributed by atoms with E-state index in [0.717, 1.165) is 10.0 Å². The second-order valence-corrected chi connectivity index (χ2v) is 7.47. The number of rotatable bonds is 7. The molecule has 0 spiro atoms. The maximum absolute atomic E-state index is 12.0. The molecule has 0 aliphatic rings. The topological polar surface area (TPSA) is 114 Å². The Bertz CT molecular complexity index is 967. The van der Waals surface area contributed by atoms with Crippen LogP contribution >= 0.6 is 27.5 Å². The van der Waals surface area contributed by atoms with Gasteiger partial charge in [0, 0.05) is 16.6 Å². The van der Waals surface area contributed by atoms with Gasteiger partial charge in [-0.05, 0) is 42.8 Å². The fourth-order valence-corrected chi connectivity index (χ4v) is 2.99. The van der Waals surface area contributed by atoms with Gasteiger partial charge in [-0.2, -0.15) is 0 Å². The molecular formula is C20H19BrClN3O5. The van der Waals surface area contributed by atoms with Gasteiger partial charge in [0.1, 0.15) is 0 Å². The summed E-state index contributed by atoms with van der Waals surface area (Å²) >= 11 is 9.23. The zero-order valence-corrected chi connectivity index (χ0v) is 18.3. The predicted octanol–water partition coefficient (Wildman–Crippen LogP) is 3.13. The molecule has 0 atom stereocenters. The van der Waals surface area contributed by atoms with Crippen molar-refractivity contribution in [1.82, 2.24) is 10.9 Å². The van der Waals surface area contributed by atoms with Crippen molar-refractivity contribution in [2.45, 2.75) is 19.8 Å². The maximum Gasteiger partial charge on any atom is 0.306 e. The van der Waals surface area contributed by atoms with Gasteiger partial charge in [-0.15, -0.1) is 0 Å². The van der Waals surface area contributed by atoms with E-state index in [1.54, 1.807) is 24.3 Å². The Morgan fingerprint density at radius 2 is 1.73 bits per heavy atom. The van der Waals surface area contributed by atoms with Crippen molar-refractivity contribution >= 4 is 56.9 Å². The first-order chi connectivity index (χ1) is 14.3. The number of hydrogen-bond donors (Lipinski definition) is 3. The molecule has 0 radical (unpaired) electrons. The largest absolute Gasteiger partial charge is 0.455 e. The molecule has 10 heteroatoms. The van der Waals surface area contributed by atoms with Gasteiger partial charge < -0.3 is 10.1 Å². The third-order valence-corrected chi connectivity index (χ3v) is 4.64. The highest BCUT2D eigenvalue weighted by molar-refractivity contribution is 9.10. The number of hydrogen-bond acceptors (Lipinski definition) is 5. The Hall–Kier alpha value is -2.91. The van der Waals surface area contributed by atoms with Gasteiger partial charge in [0.15, 0.2) is 6.61 Å². The number of aryl methyl sites for hydroxylation is 1. The molecule has 0 aromatic heterocycles. The standard InChI is InChI=1S/C20H19BrClN3O5/c1-12-10-13(21)6-7-16(12)23-17(26)8-9-19(28)30-11-18(27)24-25-20(29)14-4-2-3-5-15(14)22/h2-7,10H,8-9,11H2,1H3,(H,23,26)(H,24,27)(H,25,29). The average Bonchev–Trinajstić information content (AvgIpc) is 2.71. The van der Waals surface area contributed by atoms with E-state index in [9.17, 15) is 19.2 Å². The third kappa shape index (κ3) is 7.49. The Labute approximate surface area is 186 Å². The highest BCUT2D eigenvalue weighted by atomic mass is 79.9. The number of carbonyl (C=O) groups excluding carboxylic acids is 4. The fourth-order valence-electron chi connectivity index (χ4n) is 2.29. The molecule has 0 aliphatic heterocycles. The van der Waals surface area contributed by atoms with E-state index in [4.69, 9.17) is 16.3 Å². The summed E-state index contributed by atoms with van der Waals surface area (Å²) in [6.45, 7) is 1.24. The third-order valence-electron chi connectivity index (χ3n) is 3.82. The van der Waals surface area contributed by atoms with Crippen molar-refractivity contribution in [3.8, 4) is 0 Å². The van der Waals surface area contributed by atoms with Gasteiger partial charge in [0.25, 0.3) is 11.8 Å². The molecule has 0 aliphatic carbocycles. The zero-order valence-electron chi connectivity index (χ0n) is 16.0. The van der Waals surface area contributed by atoms with E-state index in [1.807, 2.05) is 13.0 Å². The first kappa shape index (κ1) is 23.4. The molecule has 0 saturated carbocycles. The van der Waals surface area contributed by atoms with Crippen molar-refractivity contribution in [3.63, 3.8) is 0 Å². The minimum absolute atomic E-state index is 0.0980. The lowest BCUT2D eigenvalue weighted by atomic mass is 10.2. The second kappa shape index (κ2) is 11.3. The van der Waals surface area contributed by atoms with Crippen molar-refractivity contribution in [2.75, 3.05) is 11.9 Å². The van der Waals surface area contributed by atoms with Crippen LogP contribution in [0.2, 0.25) is 5.02 Å². The summed E-state index contributed by atoms with van der Waals surface area (Å²) in [5, 5.41) is 2.93. The summed E-state index contributed by atoms with van der Waals surface area (Å²) in [6, 6.07) is 11.7. The van der Waals surface area contributed by atoms with Gasteiger partial charge in [0.05, 0.1) is 17.0 Å². The lowest BCUT2D eigenvalue weighted by molar-refractivity contribution is -0.149. The molecule has 158 valence electrons. The number of nitrogens with one attached hydrogen (secondary N) is 3. The number of amides is 3. The molecular weight excluding hydrogens is 478 g/mol. The summed E-state index contributed by atoms with van der Waals surface area (Å²) in [6.07, 6.45) is -0.292. The van der Waals surface area contributed by atoms with Gasteiger partial charge in [0.2, 0.25) is 5.91 Å². The molecule has 3 N–H and O–H groups in total. The fraction of sp³-hybridized carbons (Fsp3) is 0.200. The number of benzene rings is 2. The molecule has 2 aromatic carbocycles. The SMILES string of the molecule is Cc1cc(Br)ccc1NC(=O)CCC(=O)OCC(=O)NNC(=O)c1ccccc1Cl. The lowest BCUT2D eigenvalue weighted by Gasteiger charge is -2.10. The van der Waals surface area contributed by atoms with Crippen LogP contribution in [0.15, 0.2) is 46.9 Å². The molecule has 3 amide bonds. The highest BCUT2D eigenvalue weighted by Gasteiger charge is 2.13. The number of ether oxygens (including phenoxy) is 1. The van der Waals surface area contributed by atoms with E-state index in [0.29, 0.717) is 5.69 Å². The maximum atomic E-state index is 12.0. The second-order valence-electron chi connectivity index (χ2n) is 6.15.